The largest absolute Gasteiger partial charge is 0.476 e. The Labute approximate surface area is 131 Å². The van der Waals surface area contributed by atoms with E-state index in [1.54, 1.807) is 36.4 Å². The van der Waals surface area contributed by atoms with Crippen molar-refractivity contribution in [3.8, 4) is 11.3 Å². The van der Waals surface area contributed by atoms with E-state index in [1.807, 2.05) is 0 Å². The Hall–Kier alpha value is -3.22. The molecule has 3 N–H and O–H groups in total. The van der Waals surface area contributed by atoms with Crippen LogP contribution >= 0.6 is 0 Å². The number of aromatic carboxylic acids is 1. The van der Waals surface area contributed by atoms with E-state index in [2.05, 4.69) is 10.3 Å². The first-order valence-electron chi connectivity index (χ1n) is 6.82. The van der Waals surface area contributed by atoms with E-state index in [0.29, 0.717) is 16.9 Å². The van der Waals surface area contributed by atoms with Gasteiger partial charge in [-0.15, -0.1) is 5.10 Å². The summed E-state index contributed by atoms with van der Waals surface area (Å²) in [5, 5.41) is 17.0. The highest BCUT2D eigenvalue weighted by Crippen LogP contribution is 2.25. The summed E-state index contributed by atoms with van der Waals surface area (Å²) >= 11 is 0. The predicted octanol–water partition coefficient (Wildman–Crippen LogP) is 2.41. The summed E-state index contributed by atoms with van der Waals surface area (Å²) in [6.07, 6.45) is 0. The number of hydrogen-bond acceptors (Lipinski definition) is 4. The Bertz CT molecular complexity index is 859. The fourth-order valence-electron chi connectivity index (χ4n) is 2.30. The van der Waals surface area contributed by atoms with Crippen molar-refractivity contribution in [2.45, 2.75) is 6.54 Å². The molecule has 0 aliphatic rings. The normalized spacial score (nSPS) is 10.7. The van der Waals surface area contributed by atoms with Gasteiger partial charge in [-0.05, 0) is 29.8 Å². The summed E-state index contributed by atoms with van der Waals surface area (Å²) in [6.45, 7) is 0.269. The van der Waals surface area contributed by atoms with Crippen LogP contribution in [-0.2, 0) is 6.54 Å². The number of hydrogen-bond donors (Lipinski definition) is 2. The van der Waals surface area contributed by atoms with Gasteiger partial charge in [-0.1, -0.05) is 29.5 Å². The van der Waals surface area contributed by atoms with E-state index in [-0.39, 0.29) is 18.1 Å². The first-order chi connectivity index (χ1) is 11.0. The van der Waals surface area contributed by atoms with E-state index < -0.39 is 5.97 Å². The number of rotatable bonds is 4. The van der Waals surface area contributed by atoms with Crippen LogP contribution in [0.5, 0.6) is 0 Å². The number of halogens is 1. The van der Waals surface area contributed by atoms with Crippen molar-refractivity contribution in [2.75, 3.05) is 5.73 Å². The van der Waals surface area contributed by atoms with E-state index in [0.717, 1.165) is 5.56 Å². The molecule has 0 aliphatic carbocycles. The van der Waals surface area contributed by atoms with Crippen LogP contribution in [0.4, 0.5) is 10.1 Å². The lowest BCUT2D eigenvalue weighted by Crippen LogP contribution is -2.06. The zero-order chi connectivity index (χ0) is 16.4. The topological polar surface area (TPSA) is 94.0 Å². The Morgan fingerprint density at radius 3 is 2.61 bits per heavy atom. The summed E-state index contributed by atoms with van der Waals surface area (Å²) < 4.78 is 14.5. The van der Waals surface area contributed by atoms with Gasteiger partial charge >= 0.3 is 5.97 Å². The number of carboxylic acid groups (broad SMARTS) is 1. The molecule has 0 aliphatic heterocycles. The van der Waals surface area contributed by atoms with Crippen LogP contribution in [0.3, 0.4) is 0 Å². The van der Waals surface area contributed by atoms with E-state index >= 15 is 0 Å². The molecule has 116 valence electrons. The molecule has 1 aromatic heterocycles. The van der Waals surface area contributed by atoms with Crippen LogP contribution in [0.25, 0.3) is 11.3 Å². The summed E-state index contributed by atoms with van der Waals surface area (Å²) in [5.41, 5.74) is 7.86. The zero-order valence-electron chi connectivity index (χ0n) is 12.0. The molecule has 0 bridgehead atoms. The van der Waals surface area contributed by atoms with E-state index in [4.69, 9.17) is 5.73 Å². The molecule has 2 aromatic carbocycles. The van der Waals surface area contributed by atoms with Crippen LogP contribution in [0.1, 0.15) is 16.1 Å². The second-order valence-corrected chi connectivity index (χ2v) is 5.00. The van der Waals surface area contributed by atoms with Crippen LogP contribution in [-0.4, -0.2) is 26.1 Å². The summed E-state index contributed by atoms with van der Waals surface area (Å²) in [5.74, 6) is -1.51. The minimum Gasteiger partial charge on any atom is -0.476 e. The van der Waals surface area contributed by atoms with Crippen molar-refractivity contribution in [3.63, 3.8) is 0 Å². The van der Waals surface area contributed by atoms with Gasteiger partial charge in [-0.3, -0.25) is 0 Å². The first kappa shape index (κ1) is 14.7. The smallest absolute Gasteiger partial charge is 0.358 e. The highest BCUT2D eigenvalue weighted by Gasteiger charge is 2.20. The number of anilines is 1. The molecule has 0 saturated carbocycles. The van der Waals surface area contributed by atoms with Gasteiger partial charge < -0.3 is 10.8 Å². The van der Waals surface area contributed by atoms with Crippen molar-refractivity contribution in [3.05, 3.63) is 65.6 Å². The lowest BCUT2D eigenvalue weighted by molar-refractivity contribution is 0.0691. The fraction of sp³-hybridized carbons (Fsp3) is 0.0625. The van der Waals surface area contributed by atoms with Gasteiger partial charge in [0.1, 0.15) is 11.5 Å². The third-order valence-corrected chi connectivity index (χ3v) is 3.34. The molecule has 0 spiro atoms. The molecule has 0 atom stereocenters. The molecular weight excluding hydrogens is 299 g/mol. The van der Waals surface area contributed by atoms with Gasteiger partial charge in [-0.2, -0.15) is 0 Å². The van der Waals surface area contributed by atoms with Gasteiger partial charge in [0.25, 0.3) is 0 Å². The molecule has 7 heteroatoms. The van der Waals surface area contributed by atoms with Crippen molar-refractivity contribution < 1.29 is 14.3 Å². The summed E-state index contributed by atoms with van der Waals surface area (Å²) in [6, 6.07) is 12.7. The van der Waals surface area contributed by atoms with Gasteiger partial charge in [0.05, 0.1) is 6.54 Å². The molecule has 6 nitrogen and oxygen atoms in total. The molecule has 0 unspecified atom stereocenters. The van der Waals surface area contributed by atoms with Crippen molar-refractivity contribution in [1.82, 2.24) is 15.0 Å². The summed E-state index contributed by atoms with van der Waals surface area (Å²) in [7, 11) is 0. The third-order valence-electron chi connectivity index (χ3n) is 3.34. The Morgan fingerprint density at radius 2 is 1.96 bits per heavy atom. The molecular formula is C16H13FN4O2. The number of nitrogens with zero attached hydrogens (tertiary/aromatic N) is 3. The van der Waals surface area contributed by atoms with E-state index in [1.165, 1.54) is 16.8 Å². The minimum atomic E-state index is -1.17. The second kappa shape index (κ2) is 5.88. The molecule has 0 fully saturated rings. The maximum absolute atomic E-state index is 13.0. The number of carboxylic acids is 1. The fourth-order valence-corrected chi connectivity index (χ4v) is 2.30. The zero-order valence-corrected chi connectivity index (χ0v) is 12.0. The van der Waals surface area contributed by atoms with Gasteiger partial charge in [0, 0.05) is 11.3 Å². The van der Waals surface area contributed by atoms with Crippen molar-refractivity contribution in [1.29, 1.82) is 0 Å². The Kier molecular flexibility index (Phi) is 3.76. The minimum absolute atomic E-state index is 0.155. The SMILES string of the molecule is Nc1cccc(-c2c(C(=O)O)nnn2Cc2ccc(F)cc2)c1. The van der Waals surface area contributed by atoms with Gasteiger partial charge in [0.2, 0.25) is 0 Å². The molecule has 3 aromatic rings. The monoisotopic (exact) mass is 312 g/mol. The lowest BCUT2D eigenvalue weighted by Gasteiger charge is -2.08. The molecule has 0 saturated heterocycles. The average molecular weight is 312 g/mol. The number of aromatic nitrogens is 3. The van der Waals surface area contributed by atoms with Gasteiger partial charge in [0.15, 0.2) is 5.69 Å². The first-order valence-corrected chi connectivity index (χ1v) is 6.82. The third kappa shape index (κ3) is 3.03. The Balaban J connectivity index is 2.07. The van der Waals surface area contributed by atoms with Crippen molar-refractivity contribution in [2.24, 2.45) is 0 Å². The highest BCUT2D eigenvalue weighted by molar-refractivity contribution is 5.92. The number of carbonyl (C=O) groups is 1. The molecule has 1 heterocycles. The van der Waals surface area contributed by atoms with Gasteiger partial charge in [-0.25, -0.2) is 13.9 Å². The molecule has 0 amide bonds. The summed E-state index contributed by atoms with van der Waals surface area (Å²) in [4.78, 5) is 11.4. The van der Waals surface area contributed by atoms with Crippen LogP contribution in [0, 0.1) is 5.82 Å². The average Bonchev–Trinajstić information content (AvgIpc) is 2.93. The van der Waals surface area contributed by atoms with Crippen LogP contribution < -0.4 is 5.73 Å². The second-order valence-electron chi connectivity index (χ2n) is 5.00. The Morgan fingerprint density at radius 1 is 1.22 bits per heavy atom. The maximum atomic E-state index is 13.0. The van der Waals surface area contributed by atoms with Crippen LogP contribution in [0.2, 0.25) is 0 Å². The highest BCUT2D eigenvalue weighted by atomic mass is 19.1. The standard InChI is InChI=1S/C16H13FN4O2/c17-12-6-4-10(5-7-12)9-21-15(14(16(22)23)19-20-21)11-2-1-3-13(18)8-11/h1-8H,9,18H2,(H,22,23). The number of benzene rings is 2. The number of nitrogens with two attached hydrogens (primary N) is 1. The van der Waals surface area contributed by atoms with Crippen LogP contribution in [0.15, 0.2) is 48.5 Å². The quantitative estimate of drug-likeness (QED) is 0.721. The maximum Gasteiger partial charge on any atom is 0.358 e. The van der Waals surface area contributed by atoms with E-state index in [9.17, 15) is 14.3 Å². The van der Waals surface area contributed by atoms with Crippen molar-refractivity contribution >= 4 is 11.7 Å². The molecule has 0 radical (unpaired) electrons. The number of nitrogen functional groups attached to an aromatic ring is 1. The lowest BCUT2D eigenvalue weighted by atomic mass is 10.1. The molecule has 3 rings (SSSR count). The predicted molar refractivity (Wildman–Crippen MR) is 82.3 cm³/mol. The molecule has 23 heavy (non-hydrogen) atoms.